The van der Waals surface area contributed by atoms with Gasteiger partial charge in [0.2, 0.25) is 0 Å². The summed E-state index contributed by atoms with van der Waals surface area (Å²) in [5.74, 6) is -0.226. The summed E-state index contributed by atoms with van der Waals surface area (Å²) in [6, 6.07) is 21.1. The third kappa shape index (κ3) is 3.35. The number of halogens is 1. The molecule has 1 N–H and O–H groups in total. The maximum atomic E-state index is 13.4. The summed E-state index contributed by atoms with van der Waals surface area (Å²) < 4.78 is 15.6. The summed E-state index contributed by atoms with van der Waals surface area (Å²) >= 11 is 5.71. The number of aromatic nitrogens is 1. The molecule has 0 radical (unpaired) electrons. The van der Waals surface area contributed by atoms with Gasteiger partial charge in [-0.2, -0.15) is 0 Å². The number of nitrogens with zero attached hydrogens (tertiary/aromatic N) is 2. The standard InChI is InChI=1S/C21H20FN3S/c22-18-10-8-17(9-11-18)20-19-7-4-12-24(19)13-14-25(20)21(26)23-15-16-5-2-1-3-6-16/h1-12,20H,13-15H2,(H,23,26)/t20-/m1/s1. The van der Waals surface area contributed by atoms with E-state index in [2.05, 4.69) is 45.2 Å². The van der Waals surface area contributed by atoms with Crippen molar-refractivity contribution in [2.45, 2.75) is 19.1 Å². The van der Waals surface area contributed by atoms with Crippen molar-refractivity contribution in [3.05, 3.63) is 95.6 Å². The molecule has 1 atom stereocenters. The third-order valence-corrected chi connectivity index (χ3v) is 5.15. The highest BCUT2D eigenvalue weighted by atomic mass is 32.1. The lowest BCUT2D eigenvalue weighted by atomic mass is 10.0. The number of rotatable bonds is 3. The predicted molar refractivity (Wildman–Crippen MR) is 105 cm³/mol. The molecule has 0 aliphatic carbocycles. The first kappa shape index (κ1) is 16.8. The fourth-order valence-electron chi connectivity index (χ4n) is 3.47. The molecule has 1 aliphatic heterocycles. The Labute approximate surface area is 158 Å². The summed E-state index contributed by atoms with van der Waals surface area (Å²) in [5.41, 5.74) is 3.40. The molecule has 1 aromatic heterocycles. The zero-order chi connectivity index (χ0) is 17.9. The molecule has 3 nitrogen and oxygen atoms in total. The Morgan fingerprint density at radius 3 is 2.54 bits per heavy atom. The zero-order valence-electron chi connectivity index (χ0n) is 14.3. The average Bonchev–Trinajstić information content (AvgIpc) is 3.16. The van der Waals surface area contributed by atoms with E-state index in [9.17, 15) is 4.39 Å². The SMILES string of the molecule is Fc1ccc([C@@H]2c3cccn3CCN2C(=S)NCc2ccccc2)cc1. The van der Waals surface area contributed by atoms with Gasteiger partial charge < -0.3 is 14.8 Å². The molecule has 4 rings (SSSR count). The maximum absolute atomic E-state index is 13.4. The Bertz CT molecular complexity index is 889. The van der Waals surface area contributed by atoms with Gasteiger partial charge in [-0.05, 0) is 47.6 Å². The Morgan fingerprint density at radius 1 is 1.00 bits per heavy atom. The van der Waals surface area contributed by atoms with E-state index >= 15 is 0 Å². The molecule has 0 bridgehead atoms. The van der Waals surface area contributed by atoms with E-state index in [-0.39, 0.29) is 11.9 Å². The van der Waals surface area contributed by atoms with Crippen LogP contribution in [0, 0.1) is 5.82 Å². The lowest BCUT2D eigenvalue weighted by molar-refractivity contribution is 0.285. The smallest absolute Gasteiger partial charge is 0.170 e. The second-order valence-electron chi connectivity index (χ2n) is 6.42. The van der Waals surface area contributed by atoms with Crippen LogP contribution >= 0.6 is 12.2 Å². The summed E-state index contributed by atoms with van der Waals surface area (Å²) in [7, 11) is 0. The second-order valence-corrected chi connectivity index (χ2v) is 6.80. The van der Waals surface area contributed by atoms with Crippen LogP contribution in [0.15, 0.2) is 72.9 Å². The largest absolute Gasteiger partial charge is 0.358 e. The van der Waals surface area contributed by atoms with Crippen LogP contribution in [0.2, 0.25) is 0 Å². The van der Waals surface area contributed by atoms with Crippen LogP contribution in [0.3, 0.4) is 0 Å². The van der Waals surface area contributed by atoms with E-state index in [1.54, 1.807) is 0 Å². The van der Waals surface area contributed by atoms with E-state index in [4.69, 9.17) is 12.2 Å². The number of hydrogen-bond donors (Lipinski definition) is 1. The molecule has 0 unspecified atom stereocenters. The highest BCUT2D eigenvalue weighted by Crippen LogP contribution is 2.32. The summed E-state index contributed by atoms with van der Waals surface area (Å²) in [6.07, 6.45) is 2.09. The molecule has 0 spiro atoms. The molecule has 26 heavy (non-hydrogen) atoms. The molecular formula is C21H20FN3S. The first-order valence-corrected chi connectivity index (χ1v) is 9.12. The summed E-state index contributed by atoms with van der Waals surface area (Å²) in [5, 5.41) is 4.09. The van der Waals surface area contributed by atoms with Gasteiger partial charge in [-0.15, -0.1) is 0 Å². The first-order chi connectivity index (χ1) is 12.7. The van der Waals surface area contributed by atoms with Gasteiger partial charge in [-0.3, -0.25) is 0 Å². The van der Waals surface area contributed by atoms with Crippen molar-refractivity contribution in [1.82, 2.24) is 14.8 Å². The van der Waals surface area contributed by atoms with Crippen molar-refractivity contribution in [2.24, 2.45) is 0 Å². The van der Waals surface area contributed by atoms with E-state index < -0.39 is 0 Å². The van der Waals surface area contributed by atoms with Gasteiger partial charge in [-0.1, -0.05) is 42.5 Å². The van der Waals surface area contributed by atoms with Gasteiger partial charge in [-0.25, -0.2) is 4.39 Å². The fraction of sp³-hybridized carbons (Fsp3) is 0.190. The molecule has 3 aromatic rings. The Morgan fingerprint density at radius 2 is 1.77 bits per heavy atom. The minimum Gasteiger partial charge on any atom is -0.358 e. The van der Waals surface area contributed by atoms with Gasteiger partial charge in [0.1, 0.15) is 5.82 Å². The van der Waals surface area contributed by atoms with Crippen molar-refractivity contribution in [3.63, 3.8) is 0 Å². The van der Waals surface area contributed by atoms with Crippen molar-refractivity contribution < 1.29 is 4.39 Å². The van der Waals surface area contributed by atoms with Crippen LogP contribution in [-0.2, 0) is 13.1 Å². The van der Waals surface area contributed by atoms with Crippen LogP contribution in [0.25, 0.3) is 0 Å². The third-order valence-electron chi connectivity index (χ3n) is 4.77. The number of hydrogen-bond acceptors (Lipinski definition) is 1. The minimum atomic E-state index is -0.226. The molecule has 5 heteroatoms. The van der Waals surface area contributed by atoms with Crippen molar-refractivity contribution >= 4 is 17.3 Å². The van der Waals surface area contributed by atoms with Gasteiger partial charge in [0.05, 0.1) is 6.04 Å². The van der Waals surface area contributed by atoms with Crippen LogP contribution in [-0.4, -0.2) is 21.1 Å². The number of nitrogens with one attached hydrogen (secondary N) is 1. The Kier molecular flexibility index (Phi) is 4.71. The molecule has 132 valence electrons. The van der Waals surface area contributed by atoms with Gasteiger partial charge >= 0.3 is 0 Å². The first-order valence-electron chi connectivity index (χ1n) is 8.71. The zero-order valence-corrected chi connectivity index (χ0v) is 15.1. The number of thiocarbonyl (C=S) groups is 1. The monoisotopic (exact) mass is 365 g/mol. The van der Waals surface area contributed by atoms with Crippen LogP contribution in [0.4, 0.5) is 4.39 Å². The normalized spacial score (nSPS) is 16.2. The molecule has 0 saturated carbocycles. The molecule has 0 amide bonds. The van der Waals surface area contributed by atoms with Gasteiger partial charge in [0.15, 0.2) is 5.11 Å². The topological polar surface area (TPSA) is 20.2 Å². The van der Waals surface area contributed by atoms with Crippen LogP contribution in [0.5, 0.6) is 0 Å². The summed E-state index contributed by atoms with van der Waals surface area (Å²) in [4.78, 5) is 2.20. The predicted octanol–water partition coefficient (Wildman–Crippen LogP) is 4.11. The molecule has 0 saturated heterocycles. The van der Waals surface area contributed by atoms with Crippen molar-refractivity contribution in [2.75, 3.05) is 6.54 Å². The number of benzene rings is 2. The van der Waals surface area contributed by atoms with Crippen LogP contribution < -0.4 is 5.32 Å². The van der Waals surface area contributed by atoms with Gasteiger partial charge in [0, 0.05) is 31.5 Å². The maximum Gasteiger partial charge on any atom is 0.170 e. The van der Waals surface area contributed by atoms with Crippen LogP contribution in [0.1, 0.15) is 22.9 Å². The highest BCUT2D eigenvalue weighted by molar-refractivity contribution is 7.80. The van der Waals surface area contributed by atoms with Gasteiger partial charge in [0.25, 0.3) is 0 Å². The average molecular weight is 365 g/mol. The number of fused-ring (bicyclic) bond motifs is 1. The van der Waals surface area contributed by atoms with Crippen molar-refractivity contribution in [1.29, 1.82) is 0 Å². The molecular weight excluding hydrogens is 345 g/mol. The quantitative estimate of drug-likeness (QED) is 0.706. The van der Waals surface area contributed by atoms with E-state index in [0.717, 1.165) is 23.8 Å². The lowest BCUT2D eigenvalue weighted by Gasteiger charge is -2.39. The second kappa shape index (κ2) is 7.30. The molecule has 2 aromatic carbocycles. The highest BCUT2D eigenvalue weighted by Gasteiger charge is 2.30. The van der Waals surface area contributed by atoms with Crippen molar-refractivity contribution in [3.8, 4) is 0 Å². The minimum absolute atomic E-state index is 0.0184. The Hall–Kier alpha value is -2.66. The van der Waals surface area contributed by atoms with E-state index in [1.807, 2.05) is 30.3 Å². The lowest BCUT2D eigenvalue weighted by Crippen LogP contribution is -2.46. The van der Waals surface area contributed by atoms with E-state index in [0.29, 0.717) is 6.54 Å². The Balaban J connectivity index is 1.59. The summed E-state index contributed by atoms with van der Waals surface area (Å²) in [6.45, 7) is 2.38. The molecule has 2 heterocycles. The molecule has 0 fully saturated rings. The van der Waals surface area contributed by atoms with E-state index in [1.165, 1.54) is 23.4 Å². The molecule has 1 aliphatic rings. The fourth-order valence-corrected chi connectivity index (χ4v) is 3.74.